The molecule has 3 nitrogen and oxygen atoms in total. The first-order chi connectivity index (χ1) is 7.22. The van der Waals surface area contributed by atoms with Gasteiger partial charge in [-0.05, 0) is 25.2 Å². The van der Waals surface area contributed by atoms with Crippen molar-refractivity contribution in [2.24, 2.45) is 7.05 Å². The standard InChI is InChI=1S/C11H14ClN3/c1-13-6-5-11-14-9-7-8(12)3-4-10(9)15(11)2/h3-4,7,13H,5-6H2,1-2H3. The molecule has 15 heavy (non-hydrogen) atoms. The number of rotatable bonds is 3. The lowest BCUT2D eigenvalue weighted by molar-refractivity contribution is 0.726. The van der Waals surface area contributed by atoms with Crippen LogP contribution in [0.2, 0.25) is 5.02 Å². The molecular formula is C11H14ClN3. The van der Waals surface area contributed by atoms with E-state index in [9.17, 15) is 0 Å². The van der Waals surface area contributed by atoms with E-state index in [1.54, 1.807) is 0 Å². The number of fused-ring (bicyclic) bond motifs is 1. The van der Waals surface area contributed by atoms with Gasteiger partial charge in [0.15, 0.2) is 0 Å². The number of hydrogen-bond donors (Lipinski definition) is 1. The Morgan fingerprint density at radius 3 is 3.00 bits per heavy atom. The van der Waals surface area contributed by atoms with Crippen LogP contribution in [0.3, 0.4) is 0 Å². The third-order valence-corrected chi connectivity index (χ3v) is 2.77. The monoisotopic (exact) mass is 223 g/mol. The molecule has 0 atom stereocenters. The number of nitrogens with zero attached hydrogens (tertiary/aromatic N) is 2. The Morgan fingerprint density at radius 2 is 2.27 bits per heavy atom. The van der Waals surface area contributed by atoms with Crippen molar-refractivity contribution in [1.29, 1.82) is 0 Å². The molecule has 4 heteroatoms. The van der Waals surface area contributed by atoms with Gasteiger partial charge in [-0.2, -0.15) is 0 Å². The average Bonchev–Trinajstić information content (AvgIpc) is 2.52. The van der Waals surface area contributed by atoms with Gasteiger partial charge in [0.1, 0.15) is 5.82 Å². The van der Waals surface area contributed by atoms with E-state index in [2.05, 4.69) is 14.9 Å². The van der Waals surface area contributed by atoms with Gasteiger partial charge in [-0.1, -0.05) is 11.6 Å². The Morgan fingerprint density at radius 1 is 1.47 bits per heavy atom. The maximum atomic E-state index is 5.92. The Bertz CT molecular complexity index is 476. The number of aromatic nitrogens is 2. The van der Waals surface area contributed by atoms with E-state index in [0.717, 1.165) is 34.8 Å². The van der Waals surface area contributed by atoms with E-state index in [0.29, 0.717) is 0 Å². The summed E-state index contributed by atoms with van der Waals surface area (Å²) in [6.07, 6.45) is 0.930. The largest absolute Gasteiger partial charge is 0.331 e. The number of halogens is 1. The second-order valence-electron chi connectivity index (χ2n) is 3.57. The molecule has 0 aliphatic heterocycles. The molecule has 0 saturated carbocycles. The minimum atomic E-state index is 0.737. The quantitative estimate of drug-likeness (QED) is 0.863. The van der Waals surface area contributed by atoms with Crippen molar-refractivity contribution in [1.82, 2.24) is 14.9 Å². The van der Waals surface area contributed by atoms with Crippen LogP contribution in [0.4, 0.5) is 0 Å². The van der Waals surface area contributed by atoms with E-state index in [-0.39, 0.29) is 0 Å². The van der Waals surface area contributed by atoms with Crippen molar-refractivity contribution in [2.75, 3.05) is 13.6 Å². The van der Waals surface area contributed by atoms with Gasteiger partial charge in [0, 0.05) is 25.0 Å². The summed E-state index contributed by atoms with van der Waals surface area (Å²) in [5, 5.41) is 3.86. The second-order valence-corrected chi connectivity index (χ2v) is 4.01. The highest BCUT2D eigenvalue weighted by Crippen LogP contribution is 2.19. The molecule has 1 aromatic heterocycles. The molecule has 1 heterocycles. The number of likely N-dealkylation sites (N-methyl/N-ethyl adjacent to an activating group) is 1. The van der Waals surface area contributed by atoms with Gasteiger partial charge in [0.2, 0.25) is 0 Å². The number of nitrogens with one attached hydrogen (secondary N) is 1. The van der Waals surface area contributed by atoms with Crippen molar-refractivity contribution in [3.05, 3.63) is 29.0 Å². The van der Waals surface area contributed by atoms with Crippen LogP contribution in [-0.4, -0.2) is 23.1 Å². The first-order valence-corrected chi connectivity index (χ1v) is 5.35. The molecule has 0 aliphatic rings. The summed E-state index contributed by atoms with van der Waals surface area (Å²) in [6.45, 7) is 0.935. The molecule has 0 radical (unpaired) electrons. The highest BCUT2D eigenvalue weighted by atomic mass is 35.5. The third-order valence-electron chi connectivity index (χ3n) is 2.53. The fourth-order valence-electron chi connectivity index (χ4n) is 1.68. The van der Waals surface area contributed by atoms with Crippen molar-refractivity contribution in [3.8, 4) is 0 Å². The summed E-state index contributed by atoms with van der Waals surface area (Å²) in [5.41, 5.74) is 2.10. The molecule has 0 aliphatic carbocycles. The molecule has 0 amide bonds. The fraction of sp³-hybridized carbons (Fsp3) is 0.364. The topological polar surface area (TPSA) is 29.9 Å². The lowest BCUT2D eigenvalue weighted by Crippen LogP contribution is -2.12. The van der Waals surface area contributed by atoms with Gasteiger partial charge >= 0.3 is 0 Å². The molecule has 0 fully saturated rings. The van der Waals surface area contributed by atoms with E-state index in [4.69, 9.17) is 11.6 Å². The summed E-state index contributed by atoms with van der Waals surface area (Å²) >= 11 is 5.92. The number of hydrogen-bond acceptors (Lipinski definition) is 2. The number of imidazole rings is 1. The van der Waals surface area contributed by atoms with E-state index < -0.39 is 0 Å². The maximum Gasteiger partial charge on any atom is 0.110 e. The van der Waals surface area contributed by atoms with Crippen LogP contribution in [0, 0.1) is 0 Å². The minimum Gasteiger partial charge on any atom is -0.331 e. The van der Waals surface area contributed by atoms with E-state index >= 15 is 0 Å². The Hall–Kier alpha value is -1.06. The van der Waals surface area contributed by atoms with Crippen molar-refractivity contribution in [3.63, 3.8) is 0 Å². The summed E-state index contributed by atoms with van der Waals surface area (Å²) < 4.78 is 2.11. The SMILES string of the molecule is CNCCc1nc2cc(Cl)ccc2n1C. The van der Waals surface area contributed by atoms with Gasteiger partial charge in [0.25, 0.3) is 0 Å². The molecule has 1 aromatic carbocycles. The summed E-state index contributed by atoms with van der Waals surface area (Å²) in [5.74, 6) is 1.08. The van der Waals surface area contributed by atoms with Crippen LogP contribution >= 0.6 is 11.6 Å². The van der Waals surface area contributed by atoms with E-state index in [1.807, 2.05) is 32.3 Å². The lowest BCUT2D eigenvalue weighted by Gasteiger charge is -2.01. The van der Waals surface area contributed by atoms with Gasteiger partial charge in [-0.15, -0.1) is 0 Å². The second kappa shape index (κ2) is 4.21. The zero-order chi connectivity index (χ0) is 10.8. The van der Waals surface area contributed by atoms with Crippen molar-refractivity contribution in [2.45, 2.75) is 6.42 Å². The predicted molar refractivity (Wildman–Crippen MR) is 63.4 cm³/mol. The first-order valence-electron chi connectivity index (χ1n) is 4.98. The summed E-state index contributed by atoms with van der Waals surface area (Å²) in [7, 11) is 3.98. The van der Waals surface area contributed by atoms with Gasteiger partial charge in [-0.3, -0.25) is 0 Å². The number of benzene rings is 1. The predicted octanol–water partition coefficient (Wildman–Crippen LogP) is 1.99. The highest BCUT2D eigenvalue weighted by molar-refractivity contribution is 6.31. The Labute approximate surface area is 94.1 Å². The van der Waals surface area contributed by atoms with Crippen LogP contribution in [0.1, 0.15) is 5.82 Å². The Kier molecular flexibility index (Phi) is 2.93. The van der Waals surface area contributed by atoms with Crippen LogP contribution < -0.4 is 5.32 Å². The van der Waals surface area contributed by atoms with Crippen molar-refractivity contribution < 1.29 is 0 Å². The smallest absolute Gasteiger partial charge is 0.110 e. The summed E-state index contributed by atoms with van der Waals surface area (Å²) in [6, 6.07) is 5.81. The fourth-order valence-corrected chi connectivity index (χ4v) is 1.85. The molecule has 0 saturated heterocycles. The molecule has 80 valence electrons. The molecule has 2 rings (SSSR count). The molecule has 0 bridgehead atoms. The van der Waals surface area contributed by atoms with Crippen LogP contribution in [0.25, 0.3) is 11.0 Å². The maximum absolute atomic E-state index is 5.92. The normalized spacial score (nSPS) is 11.1. The van der Waals surface area contributed by atoms with Crippen LogP contribution in [0.5, 0.6) is 0 Å². The molecule has 1 N–H and O–H groups in total. The minimum absolute atomic E-state index is 0.737. The van der Waals surface area contributed by atoms with Crippen LogP contribution in [0.15, 0.2) is 18.2 Å². The van der Waals surface area contributed by atoms with Crippen molar-refractivity contribution >= 4 is 22.6 Å². The van der Waals surface area contributed by atoms with Gasteiger partial charge < -0.3 is 9.88 Å². The molecular weight excluding hydrogens is 210 g/mol. The first kappa shape index (κ1) is 10.5. The number of aryl methyl sites for hydroxylation is 1. The molecule has 0 unspecified atom stereocenters. The highest BCUT2D eigenvalue weighted by Gasteiger charge is 2.06. The Balaban J connectivity index is 2.44. The zero-order valence-electron chi connectivity index (χ0n) is 8.92. The summed E-state index contributed by atoms with van der Waals surface area (Å²) in [4.78, 5) is 4.55. The third kappa shape index (κ3) is 1.98. The lowest BCUT2D eigenvalue weighted by atomic mass is 10.3. The average molecular weight is 224 g/mol. The molecule has 2 aromatic rings. The van der Waals surface area contributed by atoms with Gasteiger partial charge in [-0.25, -0.2) is 4.98 Å². The zero-order valence-corrected chi connectivity index (χ0v) is 9.67. The van der Waals surface area contributed by atoms with Gasteiger partial charge in [0.05, 0.1) is 11.0 Å². The van der Waals surface area contributed by atoms with E-state index in [1.165, 1.54) is 0 Å². The molecule has 0 spiro atoms. The van der Waals surface area contributed by atoms with Crippen LogP contribution in [-0.2, 0) is 13.5 Å².